The van der Waals surface area contributed by atoms with Crippen molar-refractivity contribution < 1.29 is 4.39 Å². The van der Waals surface area contributed by atoms with Gasteiger partial charge in [-0.05, 0) is 25.1 Å². The molecule has 0 saturated heterocycles. The third-order valence-corrected chi connectivity index (χ3v) is 3.27. The quantitative estimate of drug-likeness (QED) is 0.930. The molecule has 0 spiro atoms. The van der Waals surface area contributed by atoms with Crippen LogP contribution in [0.15, 0.2) is 18.2 Å². The minimum absolute atomic E-state index is 0. The van der Waals surface area contributed by atoms with E-state index in [1.807, 2.05) is 24.7 Å². The summed E-state index contributed by atoms with van der Waals surface area (Å²) < 4.78 is 14.6. The van der Waals surface area contributed by atoms with Crippen LogP contribution in [0.4, 0.5) is 4.39 Å². The first-order valence-corrected chi connectivity index (χ1v) is 5.91. The second-order valence-corrected chi connectivity index (χ2v) is 4.83. The van der Waals surface area contributed by atoms with Crippen LogP contribution in [-0.4, -0.2) is 9.78 Å². The summed E-state index contributed by atoms with van der Waals surface area (Å²) in [6.45, 7) is 3.41. The molecule has 1 N–H and O–H groups in total. The van der Waals surface area contributed by atoms with Gasteiger partial charge in [0.1, 0.15) is 0 Å². The van der Waals surface area contributed by atoms with Crippen molar-refractivity contribution in [3.8, 4) is 0 Å². The van der Waals surface area contributed by atoms with Crippen LogP contribution in [0, 0.1) is 12.1 Å². The zero-order valence-electron chi connectivity index (χ0n) is 9.74. The average molecular weight is 276 g/mol. The summed E-state index contributed by atoms with van der Waals surface area (Å²) >= 11 is 1.18. The van der Waals surface area contributed by atoms with Gasteiger partial charge in [-0.1, -0.05) is 0 Å². The van der Waals surface area contributed by atoms with E-state index < -0.39 is 0 Å². The fourth-order valence-electron chi connectivity index (χ4n) is 1.48. The van der Waals surface area contributed by atoms with E-state index in [-0.39, 0.29) is 17.5 Å². The Morgan fingerprint density at radius 1 is 1.41 bits per heavy atom. The van der Waals surface area contributed by atoms with Gasteiger partial charge in [0, 0.05) is 30.7 Å². The van der Waals surface area contributed by atoms with Crippen molar-refractivity contribution >= 4 is 23.7 Å². The first-order valence-electron chi connectivity index (χ1n) is 5.09. The Morgan fingerprint density at radius 2 is 2.18 bits per heavy atom. The molecular weight excluding hydrogens is 261 g/mol. The van der Waals surface area contributed by atoms with Crippen molar-refractivity contribution in [3.05, 3.63) is 39.6 Å². The second kappa shape index (κ2) is 6.14. The number of thiophene rings is 1. The third kappa shape index (κ3) is 3.80. The van der Waals surface area contributed by atoms with Crippen molar-refractivity contribution in [3.63, 3.8) is 0 Å². The first kappa shape index (κ1) is 14.2. The number of hydrogen-bond acceptors (Lipinski definition) is 3. The van der Waals surface area contributed by atoms with E-state index in [4.69, 9.17) is 0 Å². The smallest absolute Gasteiger partial charge is 0.176 e. The van der Waals surface area contributed by atoms with Crippen LogP contribution in [0.1, 0.15) is 16.3 Å². The van der Waals surface area contributed by atoms with Gasteiger partial charge in [0.05, 0.1) is 5.69 Å². The second-order valence-electron chi connectivity index (χ2n) is 3.71. The monoisotopic (exact) mass is 275 g/mol. The Morgan fingerprint density at radius 3 is 2.71 bits per heavy atom. The molecule has 0 unspecified atom stereocenters. The molecule has 0 aliphatic carbocycles. The van der Waals surface area contributed by atoms with E-state index >= 15 is 0 Å². The van der Waals surface area contributed by atoms with Gasteiger partial charge in [-0.2, -0.15) is 9.49 Å². The Labute approximate surface area is 110 Å². The van der Waals surface area contributed by atoms with Gasteiger partial charge >= 0.3 is 0 Å². The fraction of sp³-hybridized carbons (Fsp3) is 0.364. The van der Waals surface area contributed by atoms with Gasteiger partial charge in [0.15, 0.2) is 5.13 Å². The third-order valence-electron chi connectivity index (χ3n) is 2.40. The molecule has 0 aliphatic heterocycles. The molecule has 0 fully saturated rings. The predicted octanol–water partition coefficient (Wildman–Crippen LogP) is 2.64. The summed E-state index contributed by atoms with van der Waals surface area (Å²) in [5, 5.41) is 7.44. The van der Waals surface area contributed by atoms with Crippen molar-refractivity contribution in [1.29, 1.82) is 0 Å². The lowest BCUT2D eigenvalue weighted by Crippen LogP contribution is -2.12. The van der Waals surface area contributed by atoms with Crippen LogP contribution in [0.25, 0.3) is 0 Å². The summed E-state index contributed by atoms with van der Waals surface area (Å²) in [5.74, 6) is 0. The summed E-state index contributed by atoms with van der Waals surface area (Å²) in [5.41, 5.74) is 2.15. The molecule has 6 heteroatoms. The Kier molecular flexibility index (Phi) is 5.11. The highest BCUT2D eigenvalue weighted by molar-refractivity contribution is 7.10. The molecule has 3 nitrogen and oxygen atoms in total. The molecule has 0 bridgehead atoms. The zero-order chi connectivity index (χ0) is 11.5. The molecule has 2 heterocycles. The maximum Gasteiger partial charge on any atom is 0.176 e. The molecule has 94 valence electrons. The van der Waals surface area contributed by atoms with Crippen LogP contribution < -0.4 is 5.32 Å². The standard InChI is InChI=1S/C11H14FN3S.ClH/c1-8-5-9(14-15(8)2)6-13-7-10-3-4-11(12)16-10;/h3-5,13H,6-7H2,1-2H3;1H. The molecule has 2 rings (SSSR count). The Bertz CT molecular complexity index is 461. The molecule has 2 aromatic rings. The van der Waals surface area contributed by atoms with E-state index in [2.05, 4.69) is 10.4 Å². The van der Waals surface area contributed by atoms with E-state index in [9.17, 15) is 4.39 Å². The summed E-state index contributed by atoms with van der Waals surface area (Å²) in [4.78, 5) is 1.00. The van der Waals surface area contributed by atoms with Crippen molar-refractivity contribution in [1.82, 2.24) is 15.1 Å². The highest BCUT2D eigenvalue weighted by Gasteiger charge is 2.02. The van der Waals surface area contributed by atoms with Crippen LogP contribution in [0.5, 0.6) is 0 Å². The number of halogens is 2. The minimum atomic E-state index is -0.134. The van der Waals surface area contributed by atoms with Gasteiger partial charge in [-0.25, -0.2) is 0 Å². The van der Waals surface area contributed by atoms with Gasteiger partial charge in [0.25, 0.3) is 0 Å². The number of nitrogens with one attached hydrogen (secondary N) is 1. The topological polar surface area (TPSA) is 29.9 Å². The van der Waals surface area contributed by atoms with Crippen molar-refractivity contribution in [2.75, 3.05) is 0 Å². The lowest BCUT2D eigenvalue weighted by molar-refractivity contribution is 0.655. The van der Waals surface area contributed by atoms with E-state index in [1.54, 1.807) is 6.07 Å². The number of aryl methyl sites for hydroxylation is 2. The maximum atomic E-state index is 12.7. The molecule has 0 aromatic carbocycles. The molecule has 0 aliphatic rings. The fourth-order valence-corrected chi connectivity index (χ4v) is 2.18. The van der Waals surface area contributed by atoms with Crippen LogP contribution in [-0.2, 0) is 20.1 Å². The molecular formula is C11H15ClFN3S. The highest BCUT2D eigenvalue weighted by Crippen LogP contribution is 2.13. The van der Waals surface area contributed by atoms with Gasteiger partial charge in [-0.15, -0.1) is 23.7 Å². The largest absolute Gasteiger partial charge is 0.306 e. The normalized spacial score (nSPS) is 10.3. The number of aromatic nitrogens is 2. The summed E-state index contributed by atoms with van der Waals surface area (Å²) in [7, 11) is 1.92. The first-order chi connectivity index (χ1) is 7.65. The van der Waals surface area contributed by atoms with Crippen LogP contribution in [0.2, 0.25) is 0 Å². The Balaban J connectivity index is 0.00000144. The molecule has 17 heavy (non-hydrogen) atoms. The number of nitrogens with zero attached hydrogens (tertiary/aromatic N) is 2. The lowest BCUT2D eigenvalue weighted by Gasteiger charge is -1.99. The SMILES string of the molecule is Cc1cc(CNCc2ccc(F)s2)nn1C.Cl. The molecule has 0 atom stereocenters. The van der Waals surface area contributed by atoms with E-state index in [0.29, 0.717) is 13.1 Å². The summed E-state index contributed by atoms with van der Waals surface area (Å²) in [6, 6.07) is 5.34. The summed E-state index contributed by atoms with van der Waals surface area (Å²) in [6.07, 6.45) is 0. The number of hydrogen-bond donors (Lipinski definition) is 1. The predicted molar refractivity (Wildman–Crippen MR) is 70.0 cm³/mol. The average Bonchev–Trinajstić information content (AvgIpc) is 2.75. The van der Waals surface area contributed by atoms with Crippen LogP contribution >= 0.6 is 23.7 Å². The minimum Gasteiger partial charge on any atom is -0.306 e. The van der Waals surface area contributed by atoms with Crippen molar-refractivity contribution in [2.24, 2.45) is 7.05 Å². The molecule has 0 amide bonds. The molecule has 0 saturated carbocycles. The zero-order valence-corrected chi connectivity index (χ0v) is 11.4. The molecule has 2 aromatic heterocycles. The maximum absolute atomic E-state index is 12.7. The number of rotatable bonds is 4. The van der Waals surface area contributed by atoms with E-state index in [0.717, 1.165) is 16.3 Å². The molecule has 0 radical (unpaired) electrons. The van der Waals surface area contributed by atoms with Gasteiger partial charge in [-0.3, -0.25) is 4.68 Å². The Hall–Kier alpha value is -0.910. The van der Waals surface area contributed by atoms with Gasteiger partial charge < -0.3 is 5.32 Å². The van der Waals surface area contributed by atoms with Crippen molar-refractivity contribution in [2.45, 2.75) is 20.0 Å². The van der Waals surface area contributed by atoms with E-state index in [1.165, 1.54) is 17.4 Å². The van der Waals surface area contributed by atoms with Crippen LogP contribution in [0.3, 0.4) is 0 Å². The highest BCUT2D eigenvalue weighted by atomic mass is 35.5. The van der Waals surface area contributed by atoms with Gasteiger partial charge in [0.2, 0.25) is 0 Å². The lowest BCUT2D eigenvalue weighted by atomic mass is 10.3.